The van der Waals surface area contributed by atoms with E-state index in [-0.39, 0.29) is 16.7 Å². The first kappa shape index (κ1) is 19.2. The summed E-state index contributed by atoms with van der Waals surface area (Å²) in [5, 5.41) is 0. The molecule has 1 heteroatoms. The van der Waals surface area contributed by atoms with Crippen LogP contribution in [0.2, 0.25) is 0 Å². The Morgan fingerprint density at radius 2 is 1.60 bits per heavy atom. The molecule has 2 aromatic rings. The Kier molecular flexibility index (Phi) is 4.41. The van der Waals surface area contributed by atoms with Gasteiger partial charge in [0.1, 0.15) is 0 Å². The minimum absolute atomic E-state index is 0.0463. The molecule has 0 amide bonds. The minimum Gasteiger partial charge on any atom is -0.0768 e. The van der Waals surface area contributed by atoms with Gasteiger partial charge in [-0.1, -0.05) is 116 Å². The number of hydrogen-bond donors (Lipinski definition) is 0. The van der Waals surface area contributed by atoms with E-state index in [1.807, 2.05) is 0 Å². The van der Waals surface area contributed by atoms with Crippen LogP contribution in [0, 0.1) is 5.41 Å². The standard InChI is InChI=1S/C29H26Si/c1-20-17-21-11-7-8-14-24(21)27(20)29(22-12-5-4-6-13-22)16-10-9-15-25-26(29)18-23(19-30)28(25,2)3/h4-19,27H,1-3H3. The molecule has 2 radical (unpaired) electrons. The highest BCUT2D eigenvalue weighted by Gasteiger charge is 2.49. The Labute approximate surface area is 183 Å². The van der Waals surface area contributed by atoms with Gasteiger partial charge in [-0.25, -0.2) is 0 Å². The van der Waals surface area contributed by atoms with Gasteiger partial charge in [0.25, 0.3) is 0 Å². The lowest BCUT2D eigenvalue weighted by Gasteiger charge is -2.41. The van der Waals surface area contributed by atoms with Gasteiger partial charge in [-0.15, -0.1) is 0 Å². The number of allylic oxidation sites excluding steroid dienone is 9. The summed E-state index contributed by atoms with van der Waals surface area (Å²) in [6.45, 7) is 6.95. The summed E-state index contributed by atoms with van der Waals surface area (Å²) in [5.74, 6) is 0.262. The molecule has 0 saturated heterocycles. The Balaban J connectivity index is 1.88. The third-order valence-electron chi connectivity index (χ3n) is 7.17. The summed E-state index contributed by atoms with van der Waals surface area (Å²) < 4.78 is 0. The highest BCUT2D eigenvalue weighted by atomic mass is 28.1. The number of fused-ring (bicyclic) bond motifs is 1. The third-order valence-corrected chi connectivity index (χ3v) is 7.48. The summed E-state index contributed by atoms with van der Waals surface area (Å²) >= 11 is 0. The summed E-state index contributed by atoms with van der Waals surface area (Å²) in [6, 6.07) is 19.9. The highest BCUT2D eigenvalue weighted by Crippen LogP contribution is 2.59. The molecule has 30 heavy (non-hydrogen) atoms. The van der Waals surface area contributed by atoms with Crippen molar-refractivity contribution < 1.29 is 0 Å². The van der Waals surface area contributed by atoms with Crippen molar-refractivity contribution in [1.29, 1.82) is 0 Å². The Morgan fingerprint density at radius 3 is 2.37 bits per heavy atom. The number of hydrogen-bond acceptors (Lipinski definition) is 0. The molecule has 146 valence electrons. The monoisotopic (exact) mass is 402 g/mol. The van der Waals surface area contributed by atoms with Gasteiger partial charge in [-0.2, -0.15) is 0 Å². The molecule has 2 unspecified atom stereocenters. The zero-order valence-electron chi connectivity index (χ0n) is 17.8. The van der Waals surface area contributed by atoms with E-state index in [1.165, 1.54) is 39.0 Å². The molecular formula is C29H26Si. The van der Waals surface area contributed by atoms with E-state index in [4.69, 9.17) is 0 Å². The summed E-state index contributed by atoms with van der Waals surface area (Å²) in [7, 11) is 3.70. The van der Waals surface area contributed by atoms with Gasteiger partial charge >= 0.3 is 0 Å². The molecule has 0 nitrogen and oxygen atoms in total. The molecule has 0 heterocycles. The van der Waals surface area contributed by atoms with E-state index >= 15 is 0 Å². The van der Waals surface area contributed by atoms with E-state index < -0.39 is 0 Å². The lowest BCUT2D eigenvalue weighted by atomic mass is 9.61. The average Bonchev–Trinajstić information content (AvgIpc) is 3.13. The van der Waals surface area contributed by atoms with Crippen molar-refractivity contribution in [2.45, 2.75) is 32.1 Å². The maximum atomic E-state index is 3.70. The molecule has 0 aliphatic heterocycles. The third kappa shape index (κ3) is 2.55. The van der Waals surface area contributed by atoms with Crippen molar-refractivity contribution in [3.63, 3.8) is 0 Å². The molecule has 2 atom stereocenters. The van der Waals surface area contributed by atoms with Crippen LogP contribution in [0.15, 0.2) is 107 Å². The first-order chi connectivity index (χ1) is 14.5. The molecule has 3 aliphatic rings. The maximum Gasteiger partial charge on any atom is 0.0494 e. The number of benzene rings is 2. The first-order valence-corrected chi connectivity index (χ1v) is 11.2. The van der Waals surface area contributed by atoms with Gasteiger partial charge in [0.2, 0.25) is 0 Å². The van der Waals surface area contributed by atoms with Crippen LogP contribution < -0.4 is 0 Å². The quantitative estimate of drug-likeness (QED) is 0.515. The summed E-state index contributed by atoms with van der Waals surface area (Å²) in [6.07, 6.45) is 14.0. The lowest BCUT2D eigenvalue weighted by Crippen LogP contribution is -2.34. The molecule has 3 aliphatic carbocycles. The molecule has 0 aromatic heterocycles. The van der Waals surface area contributed by atoms with Crippen molar-refractivity contribution in [3.8, 4) is 0 Å². The predicted molar refractivity (Wildman–Crippen MR) is 130 cm³/mol. The Morgan fingerprint density at radius 1 is 0.867 bits per heavy atom. The van der Waals surface area contributed by atoms with E-state index in [1.54, 1.807) is 0 Å². The largest absolute Gasteiger partial charge is 0.0768 e. The van der Waals surface area contributed by atoms with Crippen LogP contribution in [-0.4, -0.2) is 15.5 Å². The zero-order chi connectivity index (χ0) is 20.9. The van der Waals surface area contributed by atoms with Gasteiger partial charge in [0, 0.05) is 26.6 Å². The fourth-order valence-electron chi connectivity index (χ4n) is 5.68. The first-order valence-electron chi connectivity index (χ1n) is 10.7. The minimum atomic E-state index is -0.262. The van der Waals surface area contributed by atoms with Gasteiger partial charge in [0.15, 0.2) is 0 Å². The summed E-state index contributed by atoms with van der Waals surface area (Å²) in [5.41, 5.74) is 11.4. The van der Waals surface area contributed by atoms with Crippen LogP contribution in [0.25, 0.3) is 6.08 Å². The van der Waals surface area contributed by atoms with Gasteiger partial charge in [-0.05, 0) is 40.3 Å². The average molecular weight is 403 g/mol. The second-order valence-electron chi connectivity index (χ2n) is 9.10. The molecule has 0 fully saturated rings. The van der Waals surface area contributed by atoms with Crippen molar-refractivity contribution in [1.82, 2.24) is 0 Å². The van der Waals surface area contributed by atoms with Gasteiger partial charge in [-0.3, -0.25) is 0 Å². The van der Waals surface area contributed by atoms with Crippen LogP contribution >= 0.6 is 0 Å². The molecule has 0 saturated carbocycles. The van der Waals surface area contributed by atoms with Crippen molar-refractivity contribution >= 4 is 21.6 Å². The molecule has 5 rings (SSSR count). The summed E-state index contributed by atoms with van der Waals surface area (Å²) in [4.78, 5) is 0. The van der Waals surface area contributed by atoms with Crippen LogP contribution in [0.5, 0.6) is 0 Å². The van der Waals surface area contributed by atoms with E-state index in [0.717, 1.165) is 0 Å². The van der Waals surface area contributed by atoms with Crippen LogP contribution in [0.3, 0.4) is 0 Å². The Hall–Kier alpha value is -2.77. The van der Waals surface area contributed by atoms with Crippen LogP contribution in [0.1, 0.15) is 43.4 Å². The van der Waals surface area contributed by atoms with Crippen molar-refractivity contribution in [2.24, 2.45) is 5.41 Å². The van der Waals surface area contributed by atoms with Crippen LogP contribution in [0.4, 0.5) is 0 Å². The lowest BCUT2D eigenvalue weighted by molar-refractivity contribution is 0.536. The predicted octanol–water partition coefficient (Wildman–Crippen LogP) is 6.48. The SMILES string of the molecule is CC1=Cc2ccccc2C1C1(c2ccccc2)C=CC=CC2=C1C=C(C=[Si])C2(C)C. The van der Waals surface area contributed by atoms with Crippen LogP contribution in [-0.2, 0) is 5.41 Å². The normalized spacial score (nSPS) is 26.0. The number of rotatable bonds is 3. The van der Waals surface area contributed by atoms with Crippen molar-refractivity contribution in [2.75, 3.05) is 0 Å². The van der Waals surface area contributed by atoms with E-state index in [0.29, 0.717) is 0 Å². The highest BCUT2D eigenvalue weighted by molar-refractivity contribution is 6.33. The molecule has 0 bridgehead atoms. The Bertz CT molecular complexity index is 1180. The molecule has 0 N–H and O–H groups in total. The smallest absolute Gasteiger partial charge is 0.0494 e. The fraction of sp³-hybridized carbons (Fsp3) is 0.207. The fourth-order valence-corrected chi connectivity index (χ4v) is 6.13. The van der Waals surface area contributed by atoms with E-state index in [2.05, 4.69) is 127 Å². The van der Waals surface area contributed by atoms with Gasteiger partial charge in [0.05, 0.1) is 0 Å². The molecular weight excluding hydrogens is 376 g/mol. The zero-order valence-corrected chi connectivity index (χ0v) is 18.8. The van der Waals surface area contributed by atoms with Crippen molar-refractivity contribution in [3.05, 3.63) is 124 Å². The maximum absolute atomic E-state index is 3.70. The second-order valence-corrected chi connectivity index (χ2v) is 9.39. The molecule has 2 aromatic carbocycles. The van der Waals surface area contributed by atoms with E-state index in [9.17, 15) is 0 Å². The molecule has 0 spiro atoms. The topological polar surface area (TPSA) is 0 Å². The van der Waals surface area contributed by atoms with Gasteiger partial charge < -0.3 is 0 Å². The second kappa shape index (κ2) is 6.89.